The fourth-order valence-electron chi connectivity index (χ4n) is 3.28. The molecule has 0 saturated heterocycles. The third-order valence-electron chi connectivity index (χ3n) is 3.88. The highest BCUT2D eigenvalue weighted by molar-refractivity contribution is 4.83. The van der Waals surface area contributed by atoms with E-state index >= 15 is 0 Å². The number of rotatable bonds is 7. The lowest BCUT2D eigenvalue weighted by molar-refractivity contribution is 0.186. The van der Waals surface area contributed by atoms with E-state index in [-0.39, 0.29) is 0 Å². The summed E-state index contributed by atoms with van der Waals surface area (Å²) in [6, 6.07) is 0.708. The Morgan fingerprint density at radius 2 is 1.83 bits per heavy atom. The van der Waals surface area contributed by atoms with Crippen LogP contribution < -0.4 is 5.32 Å². The number of likely N-dealkylation sites (N-methyl/N-ethyl adjacent to an activating group) is 1. The normalized spacial score (nSPS) is 19.7. The number of nitrogens with zero attached hydrogens (tertiary/aromatic N) is 1. The van der Waals surface area contributed by atoms with Crippen LogP contribution in [0, 0.1) is 11.3 Å². The van der Waals surface area contributed by atoms with Crippen molar-refractivity contribution in [1.82, 2.24) is 10.2 Å². The minimum Gasteiger partial charge on any atom is -0.312 e. The van der Waals surface area contributed by atoms with Crippen molar-refractivity contribution in [3.8, 4) is 0 Å². The van der Waals surface area contributed by atoms with Gasteiger partial charge in [-0.15, -0.1) is 0 Å². The molecule has 2 heteroatoms. The Kier molecular flexibility index (Phi) is 6.65. The summed E-state index contributed by atoms with van der Waals surface area (Å²) >= 11 is 0. The maximum absolute atomic E-state index is 3.79. The minimum absolute atomic E-state index is 0.403. The number of hydrogen-bond donors (Lipinski definition) is 1. The zero-order valence-electron chi connectivity index (χ0n) is 13.3. The SMILES string of the molecule is CCCNC(CN(C)CC(C)(C)C)C1CCCC1. The summed E-state index contributed by atoms with van der Waals surface area (Å²) in [5, 5.41) is 3.79. The van der Waals surface area contributed by atoms with Crippen LogP contribution in [0.2, 0.25) is 0 Å². The van der Waals surface area contributed by atoms with E-state index in [4.69, 9.17) is 0 Å². The lowest BCUT2D eigenvalue weighted by Crippen LogP contribution is -2.46. The molecule has 0 heterocycles. The van der Waals surface area contributed by atoms with E-state index in [1.54, 1.807) is 0 Å². The molecule has 1 atom stereocenters. The van der Waals surface area contributed by atoms with Gasteiger partial charge in [-0.25, -0.2) is 0 Å². The fraction of sp³-hybridized carbons (Fsp3) is 1.00. The Balaban J connectivity index is 2.43. The molecule has 0 bridgehead atoms. The van der Waals surface area contributed by atoms with Gasteiger partial charge >= 0.3 is 0 Å². The van der Waals surface area contributed by atoms with Crippen LogP contribution in [-0.4, -0.2) is 37.6 Å². The summed E-state index contributed by atoms with van der Waals surface area (Å²) in [5.74, 6) is 0.916. The average molecular weight is 254 g/mol. The maximum atomic E-state index is 3.79. The molecular weight excluding hydrogens is 220 g/mol. The summed E-state index contributed by atoms with van der Waals surface area (Å²) in [6.45, 7) is 12.8. The summed E-state index contributed by atoms with van der Waals surface area (Å²) in [7, 11) is 2.28. The Hall–Kier alpha value is -0.0800. The third-order valence-corrected chi connectivity index (χ3v) is 3.88. The van der Waals surface area contributed by atoms with Crippen molar-refractivity contribution in [2.75, 3.05) is 26.7 Å². The van der Waals surface area contributed by atoms with Crippen LogP contribution in [0.3, 0.4) is 0 Å². The van der Waals surface area contributed by atoms with Crippen LogP contribution in [-0.2, 0) is 0 Å². The van der Waals surface area contributed by atoms with Crippen LogP contribution >= 0.6 is 0 Å². The fourth-order valence-corrected chi connectivity index (χ4v) is 3.28. The standard InChI is InChI=1S/C16H34N2/c1-6-11-17-15(14-9-7-8-10-14)12-18(5)13-16(2,3)4/h14-15,17H,6-13H2,1-5H3. The molecule has 1 saturated carbocycles. The molecule has 108 valence electrons. The first-order valence-electron chi connectivity index (χ1n) is 7.84. The van der Waals surface area contributed by atoms with Gasteiger partial charge in [-0.3, -0.25) is 0 Å². The van der Waals surface area contributed by atoms with Crippen molar-refractivity contribution in [3.63, 3.8) is 0 Å². The first-order chi connectivity index (χ1) is 8.42. The van der Waals surface area contributed by atoms with Gasteiger partial charge in [0.25, 0.3) is 0 Å². The predicted molar refractivity (Wildman–Crippen MR) is 81.0 cm³/mol. The molecular formula is C16H34N2. The Labute approximate surface area is 115 Å². The molecule has 0 radical (unpaired) electrons. The number of nitrogens with one attached hydrogen (secondary N) is 1. The van der Waals surface area contributed by atoms with E-state index in [2.05, 4.69) is 45.0 Å². The van der Waals surface area contributed by atoms with E-state index < -0.39 is 0 Å². The molecule has 0 aromatic rings. The van der Waals surface area contributed by atoms with Gasteiger partial charge in [0.2, 0.25) is 0 Å². The molecule has 0 amide bonds. The lowest BCUT2D eigenvalue weighted by Gasteiger charge is -2.33. The van der Waals surface area contributed by atoms with Gasteiger partial charge in [0.05, 0.1) is 0 Å². The van der Waals surface area contributed by atoms with E-state index in [0.29, 0.717) is 11.5 Å². The van der Waals surface area contributed by atoms with Gasteiger partial charge in [-0.1, -0.05) is 40.5 Å². The second-order valence-corrected chi connectivity index (χ2v) is 7.36. The second-order valence-electron chi connectivity index (χ2n) is 7.36. The van der Waals surface area contributed by atoms with Crippen LogP contribution in [0.4, 0.5) is 0 Å². The highest BCUT2D eigenvalue weighted by Crippen LogP contribution is 2.28. The van der Waals surface area contributed by atoms with Crippen molar-refractivity contribution >= 4 is 0 Å². The highest BCUT2D eigenvalue weighted by atomic mass is 15.1. The van der Waals surface area contributed by atoms with Crippen molar-refractivity contribution in [2.45, 2.75) is 65.8 Å². The predicted octanol–water partition coefficient (Wildman–Crippen LogP) is 3.52. The molecule has 1 aliphatic carbocycles. The molecule has 0 aliphatic heterocycles. The highest BCUT2D eigenvalue weighted by Gasteiger charge is 2.26. The Morgan fingerprint density at radius 3 is 2.33 bits per heavy atom. The summed E-state index contributed by atoms with van der Waals surface area (Å²) in [5.41, 5.74) is 0.403. The van der Waals surface area contributed by atoms with Crippen LogP contribution in [0.15, 0.2) is 0 Å². The zero-order chi connectivity index (χ0) is 13.6. The Bertz CT molecular complexity index is 214. The molecule has 0 aromatic carbocycles. The monoisotopic (exact) mass is 254 g/mol. The van der Waals surface area contributed by atoms with Crippen LogP contribution in [0.25, 0.3) is 0 Å². The van der Waals surface area contributed by atoms with E-state index in [1.807, 2.05) is 0 Å². The van der Waals surface area contributed by atoms with Gasteiger partial charge in [-0.05, 0) is 44.2 Å². The van der Waals surface area contributed by atoms with Crippen molar-refractivity contribution < 1.29 is 0 Å². The summed E-state index contributed by atoms with van der Waals surface area (Å²) in [6.07, 6.45) is 7.00. The van der Waals surface area contributed by atoms with E-state index in [1.165, 1.54) is 51.7 Å². The zero-order valence-corrected chi connectivity index (χ0v) is 13.3. The number of hydrogen-bond acceptors (Lipinski definition) is 2. The van der Waals surface area contributed by atoms with Gasteiger partial charge in [0.1, 0.15) is 0 Å². The summed E-state index contributed by atoms with van der Waals surface area (Å²) < 4.78 is 0. The molecule has 1 rings (SSSR count). The molecule has 1 N–H and O–H groups in total. The van der Waals surface area contributed by atoms with Gasteiger partial charge in [0.15, 0.2) is 0 Å². The van der Waals surface area contributed by atoms with Gasteiger partial charge in [0, 0.05) is 19.1 Å². The molecule has 1 aliphatic rings. The lowest BCUT2D eigenvalue weighted by atomic mass is 9.94. The molecule has 1 fully saturated rings. The van der Waals surface area contributed by atoms with Crippen LogP contribution in [0.5, 0.6) is 0 Å². The molecule has 2 nitrogen and oxygen atoms in total. The van der Waals surface area contributed by atoms with Crippen LogP contribution in [0.1, 0.15) is 59.8 Å². The topological polar surface area (TPSA) is 15.3 Å². The first-order valence-corrected chi connectivity index (χ1v) is 7.84. The molecule has 1 unspecified atom stereocenters. The van der Waals surface area contributed by atoms with Crippen molar-refractivity contribution in [2.24, 2.45) is 11.3 Å². The quantitative estimate of drug-likeness (QED) is 0.748. The smallest absolute Gasteiger partial charge is 0.0223 e. The maximum Gasteiger partial charge on any atom is 0.0223 e. The molecule has 18 heavy (non-hydrogen) atoms. The molecule has 0 spiro atoms. The third kappa shape index (κ3) is 6.19. The van der Waals surface area contributed by atoms with E-state index in [9.17, 15) is 0 Å². The minimum atomic E-state index is 0.403. The largest absolute Gasteiger partial charge is 0.312 e. The molecule has 0 aromatic heterocycles. The second kappa shape index (κ2) is 7.49. The van der Waals surface area contributed by atoms with Gasteiger partial charge in [-0.2, -0.15) is 0 Å². The first kappa shape index (κ1) is 16.0. The summed E-state index contributed by atoms with van der Waals surface area (Å²) in [4.78, 5) is 2.52. The van der Waals surface area contributed by atoms with Gasteiger partial charge < -0.3 is 10.2 Å². The van der Waals surface area contributed by atoms with E-state index in [0.717, 1.165) is 5.92 Å². The van der Waals surface area contributed by atoms with Crippen molar-refractivity contribution in [3.05, 3.63) is 0 Å². The Morgan fingerprint density at radius 1 is 1.22 bits per heavy atom. The average Bonchev–Trinajstić information content (AvgIpc) is 2.74. The van der Waals surface area contributed by atoms with Crippen molar-refractivity contribution in [1.29, 1.82) is 0 Å².